The molecule has 0 aliphatic heterocycles. The van der Waals surface area contributed by atoms with Gasteiger partial charge in [0.05, 0.1) is 5.56 Å². The van der Waals surface area contributed by atoms with Crippen LogP contribution < -0.4 is 0 Å². The number of carbonyl (C=O) groups excluding carboxylic acids is 1. The second-order valence-electron chi connectivity index (χ2n) is 4.51. The van der Waals surface area contributed by atoms with E-state index in [1.165, 1.54) is 7.11 Å². The Morgan fingerprint density at radius 3 is 2.50 bits per heavy atom. The highest BCUT2D eigenvalue weighted by atomic mass is 17.1. The fourth-order valence-corrected chi connectivity index (χ4v) is 1.57. The third-order valence-corrected chi connectivity index (χ3v) is 2.77. The molecule has 18 heavy (non-hydrogen) atoms. The summed E-state index contributed by atoms with van der Waals surface area (Å²) in [5.74, 6) is -0.764. The molecule has 5 heteroatoms. The summed E-state index contributed by atoms with van der Waals surface area (Å²) in [7, 11) is 1.50. The van der Waals surface area contributed by atoms with Gasteiger partial charge in [0, 0.05) is 6.21 Å². The molecule has 0 amide bonds. The minimum atomic E-state index is -0.764. The molecule has 5 nitrogen and oxygen atoms in total. The van der Waals surface area contributed by atoms with Crippen LogP contribution in [-0.2, 0) is 15.1 Å². The van der Waals surface area contributed by atoms with E-state index in [1.807, 2.05) is 12.1 Å². The SMILES string of the molecule is CON=CCC(C)(C)c1ccc(C(=O)OO)cc1. The molecule has 0 fully saturated rings. The van der Waals surface area contributed by atoms with Crippen LogP contribution in [0.4, 0.5) is 0 Å². The largest absolute Gasteiger partial charge is 0.399 e. The Labute approximate surface area is 106 Å². The van der Waals surface area contributed by atoms with E-state index in [0.29, 0.717) is 12.0 Å². The average molecular weight is 251 g/mol. The molecular weight excluding hydrogens is 234 g/mol. The first kappa shape index (κ1) is 14.2. The topological polar surface area (TPSA) is 68.1 Å². The van der Waals surface area contributed by atoms with Crippen LogP contribution in [0.5, 0.6) is 0 Å². The highest BCUT2D eigenvalue weighted by Gasteiger charge is 2.20. The van der Waals surface area contributed by atoms with E-state index in [1.54, 1.807) is 18.3 Å². The van der Waals surface area contributed by atoms with Crippen molar-refractivity contribution in [1.82, 2.24) is 0 Å². The second kappa shape index (κ2) is 6.16. The van der Waals surface area contributed by atoms with Crippen molar-refractivity contribution in [2.24, 2.45) is 5.16 Å². The highest BCUT2D eigenvalue weighted by molar-refractivity contribution is 5.88. The maximum absolute atomic E-state index is 11.1. The number of hydrogen-bond donors (Lipinski definition) is 1. The number of rotatable bonds is 5. The molecule has 0 atom stereocenters. The van der Waals surface area contributed by atoms with Gasteiger partial charge in [0.2, 0.25) is 0 Å². The van der Waals surface area contributed by atoms with Crippen molar-refractivity contribution >= 4 is 12.2 Å². The Kier molecular flexibility index (Phi) is 4.85. The fraction of sp³-hybridized carbons (Fsp3) is 0.385. The summed E-state index contributed by atoms with van der Waals surface area (Å²) >= 11 is 0. The summed E-state index contributed by atoms with van der Waals surface area (Å²) in [6, 6.07) is 6.88. The van der Waals surface area contributed by atoms with Crippen molar-refractivity contribution in [3.8, 4) is 0 Å². The Bertz CT molecular complexity index is 423. The molecule has 0 radical (unpaired) electrons. The van der Waals surface area contributed by atoms with Crippen LogP contribution in [0.1, 0.15) is 36.2 Å². The molecule has 1 aromatic rings. The first-order chi connectivity index (χ1) is 8.51. The Morgan fingerprint density at radius 1 is 1.39 bits per heavy atom. The summed E-state index contributed by atoms with van der Waals surface area (Å²) in [4.78, 5) is 19.4. The Morgan fingerprint density at radius 2 is 2.00 bits per heavy atom. The number of benzene rings is 1. The van der Waals surface area contributed by atoms with Crippen LogP contribution in [0.2, 0.25) is 0 Å². The highest BCUT2D eigenvalue weighted by Crippen LogP contribution is 2.26. The van der Waals surface area contributed by atoms with Gasteiger partial charge < -0.3 is 4.84 Å². The second-order valence-corrected chi connectivity index (χ2v) is 4.51. The minimum absolute atomic E-state index is 0.121. The van der Waals surface area contributed by atoms with Crippen molar-refractivity contribution in [2.45, 2.75) is 25.7 Å². The summed E-state index contributed by atoms with van der Waals surface area (Å²) in [5.41, 5.74) is 1.24. The van der Waals surface area contributed by atoms with Gasteiger partial charge in [-0.25, -0.2) is 4.79 Å². The first-order valence-electron chi connectivity index (χ1n) is 5.52. The Balaban J connectivity index is 2.83. The van der Waals surface area contributed by atoms with Gasteiger partial charge in [0.15, 0.2) is 0 Å². The minimum Gasteiger partial charge on any atom is -0.399 e. The number of nitrogens with zero attached hydrogens (tertiary/aromatic N) is 1. The van der Waals surface area contributed by atoms with E-state index in [2.05, 4.69) is 28.7 Å². The van der Waals surface area contributed by atoms with Gasteiger partial charge in [-0.05, 0) is 29.5 Å². The van der Waals surface area contributed by atoms with Gasteiger partial charge in [-0.15, -0.1) is 0 Å². The van der Waals surface area contributed by atoms with E-state index >= 15 is 0 Å². The Hall–Kier alpha value is -1.88. The van der Waals surface area contributed by atoms with Crippen LogP contribution in [0.15, 0.2) is 29.4 Å². The molecule has 0 heterocycles. The molecule has 0 spiro atoms. The molecule has 0 unspecified atom stereocenters. The number of oxime groups is 1. The molecule has 1 aromatic carbocycles. The monoisotopic (exact) mass is 251 g/mol. The zero-order valence-corrected chi connectivity index (χ0v) is 10.7. The maximum Gasteiger partial charge on any atom is 0.372 e. The predicted molar refractivity (Wildman–Crippen MR) is 67.6 cm³/mol. The van der Waals surface area contributed by atoms with Gasteiger partial charge in [0.1, 0.15) is 7.11 Å². The first-order valence-corrected chi connectivity index (χ1v) is 5.52. The number of carbonyl (C=O) groups is 1. The van der Waals surface area contributed by atoms with Crippen molar-refractivity contribution in [1.29, 1.82) is 0 Å². The van der Waals surface area contributed by atoms with Crippen LogP contribution in [0.3, 0.4) is 0 Å². The van der Waals surface area contributed by atoms with Crippen LogP contribution in [-0.4, -0.2) is 24.6 Å². The van der Waals surface area contributed by atoms with Crippen molar-refractivity contribution in [2.75, 3.05) is 7.11 Å². The van der Waals surface area contributed by atoms with Gasteiger partial charge in [0.25, 0.3) is 0 Å². The van der Waals surface area contributed by atoms with Gasteiger partial charge in [-0.1, -0.05) is 31.1 Å². The van der Waals surface area contributed by atoms with Crippen LogP contribution in [0.25, 0.3) is 0 Å². The smallest absolute Gasteiger partial charge is 0.372 e. The van der Waals surface area contributed by atoms with Gasteiger partial charge in [-0.3, -0.25) is 4.89 Å². The van der Waals surface area contributed by atoms with Gasteiger partial charge in [-0.2, -0.15) is 5.26 Å². The summed E-state index contributed by atoms with van der Waals surface area (Å²) in [6.45, 7) is 4.13. The maximum atomic E-state index is 11.1. The zero-order valence-electron chi connectivity index (χ0n) is 10.7. The van der Waals surface area contributed by atoms with Gasteiger partial charge >= 0.3 is 5.97 Å². The lowest BCUT2D eigenvalue weighted by Gasteiger charge is -2.23. The van der Waals surface area contributed by atoms with Crippen molar-refractivity contribution < 1.29 is 19.8 Å². The lowest BCUT2D eigenvalue weighted by molar-refractivity contribution is -0.182. The molecule has 0 aromatic heterocycles. The van der Waals surface area contributed by atoms with Crippen LogP contribution in [0, 0.1) is 0 Å². The molecule has 0 aliphatic carbocycles. The van der Waals surface area contributed by atoms with E-state index < -0.39 is 5.97 Å². The molecule has 0 saturated carbocycles. The van der Waals surface area contributed by atoms with Crippen molar-refractivity contribution in [3.63, 3.8) is 0 Å². The molecule has 1 N–H and O–H groups in total. The molecule has 0 aliphatic rings. The molecule has 1 rings (SSSR count). The quantitative estimate of drug-likeness (QED) is 0.496. The van der Waals surface area contributed by atoms with Crippen molar-refractivity contribution in [3.05, 3.63) is 35.4 Å². The summed E-state index contributed by atoms with van der Waals surface area (Å²) in [5, 5.41) is 12.0. The fourth-order valence-electron chi connectivity index (χ4n) is 1.57. The standard InChI is InChI=1S/C13H17NO4/c1-13(2,8-9-14-17-3)11-6-4-10(5-7-11)12(15)18-16/h4-7,9,16H,8H2,1-3H3. The van der Waals surface area contributed by atoms with Crippen LogP contribution >= 0.6 is 0 Å². The lowest BCUT2D eigenvalue weighted by atomic mass is 9.82. The normalized spacial score (nSPS) is 11.6. The van der Waals surface area contributed by atoms with E-state index in [4.69, 9.17) is 5.26 Å². The predicted octanol–water partition coefficient (Wildman–Crippen LogP) is 2.62. The molecular formula is C13H17NO4. The summed E-state index contributed by atoms with van der Waals surface area (Å²) < 4.78 is 0. The van der Waals surface area contributed by atoms with E-state index in [9.17, 15) is 4.79 Å². The lowest BCUT2D eigenvalue weighted by Crippen LogP contribution is -2.18. The number of hydrogen-bond acceptors (Lipinski definition) is 5. The summed E-state index contributed by atoms with van der Waals surface area (Å²) in [6.07, 6.45) is 2.42. The third-order valence-electron chi connectivity index (χ3n) is 2.77. The molecule has 98 valence electrons. The average Bonchev–Trinajstić information content (AvgIpc) is 2.38. The van der Waals surface area contributed by atoms with E-state index in [0.717, 1.165) is 5.56 Å². The third kappa shape index (κ3) is 3.56. The molecule has 0 bridgehead atoms. The van der Waals surface area contributed by atoms with E-state index in [-0.39, 0.29) is 5.41 Å². The zero-order chi connectivity index (χ0) is 13.6. The molecule has 0 saturated heterocycles.